The van der Waals surface area contributed by atoms with Crippen LogP contribution in [-0.2, 0) is 16.0 Å². The molecule has 2 aromatic rings. The molecule has 1 aromatic carbocycles. The normalized spacial score (nSPS) is 9.65. The Balaban J connectivity index is 0.00000200. The highest BCUT2D eigenvalue weighted by Gasteiger charge is 2.11. The standard InChI is InChI=1S/C15H16N2O2.ClH/c1-2-19-15(18)9-12-8-14(16)17-10-13(12)11-6-4-3-5-7-11;/h3-8,10H,2,9H2,1H3,(H2,16,17);1H. The van der Waals surface area contributed by atoms with Gasteiger partial charge in [-0.15, -0.1) is 12.4 Å². The fourth-order valence-electron chi connectivity index (χ4n) is 1.91. The number of carbonyl (C=O) groups excluding carboxylic acids is 1. The van der Waals surface area contributed by atoms with Crippen LogP contribution in [0, 0.1) is 0 Å². The fraction of sp³-hybridized carbons (Fsp3) is 0.200. The van der Waals surface area contributed by atoms with Crippen molar-refractivity contribution in [3.63, 3.8) is 0 Å². The maximum absolute atomic E-state index is 11.6. The van der Waals surface area contributed by atoms with Crippen LogP contribution in [0.3, 0.4) is 0 Å². The van der Waals surface area contributed by atoms with Gasteiger partial charge in [-0.3, -0.25) is 4.79 Å². The third-order valence-corrected chi connectivity index (χ3v) is 2.74. The van der Waals surface area contributed by atoms with Crippen molar-refractivity contribution in [2.24, 2.45) is 0 Å². The molecule has 0 aliphatic heterocycles. The fourth-order valence-corrected chi connectivity index (χ4v) is 1.91. The van der Waals surface area contributed by atoms with Gasteiger partial charge in [0.05, 0.1) is 13.0 Å². The van der Waals surface area contributed by atoms with Gasteiger partial charge in [0.1, 0.15) is 5.82 Å². The molecule has 0 spiro atoms. The van der Waals surface area contributed by atoms with Gasteiger partial charge in [-0.05, 0) is 24.1 Å². The lowest BCUT2D eigenvalue weighted by Crippen LogP contribution is -2.09. The molecule has 0 saturated carbocycles. The largest absolute Gasteiger partial charge is 0.466 e. The highest BCUT2D eigenvalue weighted by molar-refractivity contribution is 5.85. The zero-order valence-electron chi connectivity index (χ0n) is 11.2. The molecule has 5 heteroatoms. The van der Waals surface area contributed by atoms with Crippen molar-refractivity contribution in [3.05, 3.63) is 48.2 Å². The molecule has 4 nitrogen and oxygen atoms in total. The van der Waals surface area contributed by atoms with Crippen LogP contribution in [0.1, 0.15) is 12.5 Å². The molecular formula is C15H17ClN2O2. The van der Waals surface area contributed by atoms with Crippen molar-refractivity contribution < 1.29 is 9.53 Å². The van der Waals surface area contributed by atoms with Gasteiger partial charge in [0.15, 0.2) is 0 Å². The number of hydrogen-bond acceptors (Lipinski definition) is 4. The van der Waals surface area contributed by atoms with E-state index in [4.69, 9.17) is 10.5 Å². The van der Waals surface area contributed by atoms with Gasteiger partial charge in [0.25, 0.3) is 0 Å². The monoisotopic (exact) mass is 292 g/mol. The predicted octanol–water partition coefficient (Wildman–Crippen LogP) is 2.86. The van der Waals surface area contributed by atoms with Crippen LogP contribution in [0.15, 0.2) is 42.6 Å². The van der Waals surface area contributed by atoms with Gasteiger partial charge >= 0.3 is 5.97 Å². The third-order valence-electron chi connectivity index (χ3n) is 2.74. The molecule has 20 heavy (non-hydrogen) atoms. The number of esters is 1. The molecule has 2 N–H and O–H groups in total. The summed E-state index contributed by atoms with van der Waals surface area (Å²) in [7, 11) is 0. The number of halogens is 1. The zero-order valence-corrected chi connectivity index (χ0v) is 12.0. The van der Waals surface area contributed by atoms with Crippen LogP contribution in [-0.4, -0.2) is 17.6 Å². The molecule has 106 valence electrons. The number of nitrogens with two attached hydrogens (primary N) is 1. The summed E-state index contributed by atoms with van der Waals surface area (Å²) in [5.74, 6) is 0.143. The van der Waals surface area contributed by atoms with Crippen LogP contribution in [0.5, 0.6) is 0 Å². The van der Waals surface area contributed by atoms with Gasteiger partial charge in [-0.1, -0.05) is 30.3 Å². The minimum Gasteiger partial charge on any atom is -0.466 e. The molecule has 0 fully saturated rings. The Bertz CT molecular complexity index is 573. The lowest BCUT2D eigenvalue weighted by molar-refractivity contribution is -0.142. The molecule has 0 amide bonds. The van der Waals surface area contributed by atoms with Crippen LogP contribution in [0.2, 0.25) is 0 Å². The first-order chi connectivity index (χ1) is 9.20. The average Bonchev–Trinajstić information content (AvgIpc) is 2.40. The highest BCUT2D eigenvalue weighted by Crippen LogP contribution is 2.24. The topological polar surface area (TPSA) is 65.2 Å². The second-order valence-electron chi connectivity index (χ2n) is 4.11. The van der Waals surface area contributed by atoms with Crippen molar-refractivity contribution in [2.45, 2.75) is 13.3 Å². The van der Waals surface area contributed by atoms with E-state index in [0.717, 1.165) is 16.7 Å². The Morgan fingerprint density at radius 1 is 1.30 bits per heavy atom. The highest BCUT2D eigenvalue weighted by atomic mass is 35.5. The predicted molar refractivity (Wildman–Crippen MR) is 81.7 cm³/mol. The summed E-state index contributed by atoms with van der Waals surface area (Å²) < 4.78 is 4.98. The molecule has 0 radical (unpaired) electrons. The van der Waals surface area contributed by atoms with Gasteiger partial charge in [0.2, 0.25) is 0 Å². The summed E-state index contributed by atoms with van der Waals surface area (Å²) in [5, 5.41) is 0. The van der Waals surface area contributed by atoms with E-state index in [1.54, 1.807) is 19.2 Å². The summed E-state index contributed by atoms with van der Waals surface area (Å²) in [6.07, 6.45) is 1.89. The van der Waals surface area contributed by atoms with E-state index in [0.29, 0.717) is 12.4 Å². The molecule has 1 heterocycles. The quantitative estimate of drug-likeness (QED) is 0.880. The molecule has 1 aromatic heterocycles. The summed E-state index contributed by atoms with van der Waals surface area (Å²) in [6, 6.07) is 11.5. The van der Waals surface area contributed by atoms with Crippen molar-refractivity contribution >= 4 is 24.2 Å². The van der Waals surface area contributed by atoms with Gasteiger partial charge in [-0.25, -0.2) is 4.98 Å². The van der Waals surface area contributed by atoms with Crippen LogP contribution >= 0.6 is 12.4 Å². The van der Waals surface area contributed by atoms with Crippen LogP contribution < -0.4 is 5.73 Å². The second-order valence-corrected chi connectivity index (χ2v) is 4.11. The van der Waals surface area contributed by atoms with Crippen molar-refractivity contribution in [2.75, 3.05) is 12.3 Å². The number of ether oxygens (including phenoxy) is 1. The molecule has 0 saturated heterocycles. The Morgan fingerprint density at radius 3 is 2.65 bits per heavy atom. The number of aromatic nitrogens is 1. The smallest absolute Gasteiger partial charge is 0.310 e. The lowest BCUT2D eigenvalue weighted by Gasteiger charge is -2.09. The minimum absolute atomic E-state index is 0. The van der Waals surface area contributed by atoms with E-state index in [9.17, 15) is 4.79 Å². The lowest BCUT2D eigenvalue weighted by atomic mass is 10.00. The van der Waals surface area contributed by atoms with Gasteiger partial charge in [0, 0.05) is 11.8 Å². The Labute approximate surface area is 124 Å². The number of carbonyl (C=O) groups is 1. The average molecular weight is 293 g/mol. The molecular weight excluding hydrogens is 276 g/mol. The summed E-state index contributed by atoms with van der Waals surface area (Å²) in [6.45, 7) is 2.16. The summed E-state index contributed by atoms with van der Waals surface area (Å²) >= 11 is 0. The molecule has 0 aliphatic carbocycles. The van der Waals surface area contributed by atoms with Crippen molar-refractivity contribution in [1.82, 2.24) is 4.98 Å². The van der Waals surface area contributed by atoms with Gasteiger partial charge in [-0.2, -0.15) is 0 Å². The first kappa shape index (κ1) is 16.0. The number of rotatable bonds is 4. The summed E-state index contributed by atoms with van der Waals surface area (Å²) in [5.41, 5.74) is 8.44. The number of nitrogens with zero attached hydrogens (tertiary/aromatic N) is 1. The minimum atomic E-state index is -0.259. The van der Waals surface area contributed by atoms with E-state index in [1.165, 1.54) is 0 Å². The summed E-state index contributed by atoms with van der Waals surface area (Å²) in [4.78, 5) is 15.7. The van der Waals surface area contributed by atoms with Crippen LogP contribution in [0.4, 0.5) is 5.82 Å². The number of anilines is 1. The molecule has 0 bridgehead atoms. The zero-order chi connectivity index (χ0) is 13.7. The number of benzene rings is 1. The first-order valence-corrected chi connectivity index (χ1v) is 6.16. The molecule has 2 rings (SSSR count). The molecule has 0 unspecified atom stereocenters. The van der Waals surface area contributed by atoms with Gasteiger partial charge < -0.3 is 10.5 Å². The SMILES string of the molecule is CCOC(=O)Cc1cc(N)ncc1-c1ccccc1.Cl. The Kier molecular flexibility index (Phi) is 6.00. The third kappa shape index (κ3) is 3.96. The van der Waals surface area contributed by atoms with E-state index in [2.05, 4.69) is 4.98 Å². The number of hydrogen-bond donors (Lipinski definition) is 1. The van der Waals surface area contributed by atoms with E-state index >= 15 is 0 Å². The second kappa shape index (κ2) is 7.50. The Morgan fingerprint density at radius 2 is 2.00 bits per heavy atom. The van der Waals surface area contributed by atoms with E-state index in [-0.39, 0.29) is 24.8 Å². The maximum Gasteiger partial charge on any atom is 0.310 e. The van der Waals surface area contributed by atoms with Crippen molar-refractivity contribution in [1.29, 1.82) is 0 Å². The number of pyridine rings is 1. The molecule has 0 aliphatic rings. The van der Waals surface area contributed by atoms with E-state index in [1.807, 2.05) is 30.3 Å². The van der Waals surface area contributed by atoms with E-state index < -0.39 is 0 Å². The first-order valence-electron chi connectivity index (χ1n) is 6.16. The van der Waals surface area contributed by atoms with Crippen LogP contribution in [0.25, 0.3) is 11.1 Å². The van der Waals surface area contributed by atoms with Crippen molar-refractivity contribution in [3.8, 4) is 11.1 Å². The maximum atomic E-state index is 11.6. The number of nitrogen functional groups attached to an aromatic ring is 1. The molecule has 0 atom stereocenters. The Hall–Kier alpha value is -2.07.